The van der Waals surface area contributed by atoms with E-state index in [1.54, 1.807) is 12.1 Å². The average Bonchev–Trinajstić information content (AvgIpc) is 2.93. The van der Waals surface area contributed by atoms with Gasteiger partial charge >= 0.3 is 6.61 Å². The molecule has 1 saturated carbocycles. The number of rotatable bonds is 5. The highest BCUT2D eigenvalue weighted by molar-refractivity contribution is 6.17. The van der Waals surface area contributed by atoms with E-state index in [2.05, 4.69) is 30.7 Å². The second kappa shape index (κ2) is 7.33. The minimum absolute atomic E-state index is 0.126. The van der Waals surface area contributed by atoms with Gasteiger partial charge in [-0.1, -0.05) is 56.7 Å². The summed E-state index contributed by atoms with van der Waals surface area (Å²) in [5, 5.41) is 0. The van der Waals surface area contributed by atoms with Gasteiger partial charge in [0.1, 0.15) is 5.75 Å². The van der Waals surface area contributed by atoms with Crippen LogP contribution in [0.25, 0.3) is 11.1 Å². The molecule has 0 N–H and O–H groups in total. The van der Waals surface area contributed by atoms with Crippen LogP contribution >= 0.6 is 11.6 Å². The molecule has 1 atom stereocenters. The number of ether oxygens (including phenoxy) is 1. The topological polar surface area (TPSA) is 9.23 Å². The summed E-state index contributed by atoms with van der Waals surface area (Å²) in [6.45, 7) is 1.75. The van der Waals surface area contributed by atoms with Crippen LogP contribution in [0.1, 0.15) is 50.2 Å². The van der Waals surface area contributed by atoms with Crippen LogP contribution in [0.2, 0.25) is 0 Å². The maximum Gasteiger partial charge on any atom is 0.387 e. The van der Waals surface area contributed by atoms with Gasteiger partial charge in [0.2, 0.25) is 0 Å². The van der Waals surface area contributed by atoms with Gasteiger partial charge in [-0.05, 0) is 46.9 Å². The van der Waals surface area contributed by atoms with Gasteiger partial charge in [0.05, 0.1) is 5.88 Å². The summed E-state index contributed by atoms with van der Waals surface area (Å²) in [7, 11) is 0. The number of alkyl halides is 3. The lowest BCUT2D eigenvalue weighted by Gasteiger charge is -2.29. The van der Waals surface area contributed by atoms with Gasteiger partial charge in [0.25, 0.3) is 0 Å². The highest BCUT2D eigenvalue weighted by Gasteiger charge is 2.36. The Balaban J connectivity index is 2.12. The molecule has 0 saturated heterocycles. The summed E-state index contributed by atoms with van der Waals surface area (Å²) in [5.74, 6) is 0.732. The molecule has 2 aromatic carbocycles. The van der Waals surface area contributed by atoms with Gasteiger partial charge in [-0.2, -0.15) is 8.78 Å². The van der Waals surface area contributed by atoms with E-state index in [1.807, 2.05) is 18.2 Å². The third kappa shape index (κ3) is 3.67. The van der Waals surface area contributed by atoms with Crippen molar-refractivity contribution in [1.29, 1.82) is 0 Å². The Labute approximate surface area is 153 Å². The SMILES string of the molecule is CC1(C)CCC[C@@H]1c1ccccc1-c1cccc(OC(F)F)c1CCl. The lowest BCUT2D eigenvalue weighted by atomic mass is 9.75. The van der Waals surface area contributed by atoms with E-state index in [9.17, 15) is 8.78 Å². The summed E-state index contributed by atoms with van der Waals surface area (Å²) in [6.07, 6.45) is 3.55. The van der Waals surface area contributed by atoms with Crippen molar-refractivity contribution in [2.75, 3.05) is 0 Å². The van der Waals surface area contributed by atoms with Gasteiger partial charge in [-0.25, -0.2) is 0 Å². The maximum atomic E-state index is 12.7. The largest absolute Gasteiger partial charge is 0.434 e. The minimum atomic E-state index is -2.86. The predicted molar refractivity (Wildman–Crippen MR) is 98.4 cm³/mol. The number of hydrogen-bond acceptors (Lipinski definition) is 1. The van der Waals surface area contributed by atoms with Crippen LogP contribution in [0.3, 0.4) is 0 Å². The van der Waals surface area contributed by atoms with Crippen molar-refractivity contribution in [2.24, 2.45) is 5.41 Å². The quantitative estimate of drug-likeness (QED) is 0.519. The molecular weight excluding hydrogens is 342 g/mol. The van der Waals surface area contributed by atoms with Crippen molar-refractivity contribution >= 4 is 11.6 Å². The zero-order chi connectivity index (χ0) is 18.0. The molecule has 0 amide bonds. The van der Waals surface area contributed by atoms with E-state index in [0.29, 0.717) is 11.5 Å². The molecule has 4 heteroatoms. The first-order chi connectivity index (χ1) is 11.9. The van der Waals surface area contributed by atoms with Crippen LogP contribution < -0.4 is 4.74 Å². The Hall–Kier alpha value is -1.61. The average molecular weight is 365 g/mol. The van der Waals surface area contributed by atoms with E-state index >= 15 is 0 Å². The monoisotopic (exact) mass is 364 g/mol. The molecule has 0 unspecified atom stereocenters. The van der Waals surface area contributed by atoms with Crippen molar-refractivity contribution in [2.45, 2.75) is 51.5 Å². The van der Waals surface area contributed by atoms with E-state index in [0.717, 1.165) is 17.5 Å². The first-order valence-electron chi connectivity index (χ1n) is 8.66. The van der Waals surface area contributed by atoms with Crippen LogP contribution in [-0.2, 0) is 5.88 Å². The molecule has 0 radical (unpaired) electrons. The van der Waals surface area contributed by atoms with Crippen LogP contribution in [0.5, 0.6) is 5.75 Å². The predicted octanol–water partition coefficient (Wildman–Crippen LogP) is 6.99. The van der Waals surface area contributed by atoms with Gasteiger partial charge in [-0.15, -0.1) is 11.6 Å². The van der Waals surface area contributed by atoms with Crippen molar-refractivity contribution in [1.82, 2.24) is 0 Å². The standard InChI is InChI=1S/C21H23ClF2O/c1-21(2)12-6-10-18(21)16-8-4-3-7-14(16)15-9-5-11-19(17(15)13-22)25-20(23)24/h3-5,7-9,11,18,20H,6,10,12-13H2,1-2H3/t18-/m1/s1. The van der Waals surface area contributed by atoms with Crippen molar-refractivity contribution in [3.05, 3.63) is 53.6 Å². The summed E-state index contributed by atoms with van der Waals surface area (Å²) < 4.78 is 30.2. The van der Waals surface area contributed by atoms with Gasteiger partial charge in [-0.3, -0.25) is 0 Å². The Morgan fingerprint density at radius 3 is 2.48 bits per heavy atom. The van der Waals surface area contributed by atoms with E-state index < -0.39 is 6.61 Å². The highest BCUT2D eigenvalue weighted by Crippen LogP contribution is 2.51. The molecule has 2 aromatic rings. The summed E-state index contributed by atoms with van der Waals surface area (Å²) in [5.41, 5.74) is 4.07. The van der Waals surface area contributed by atoms with Gasteiger partial charge < -0.3 is 4.74 Å². The maximum absolute atomic E-state index is 12.7. The minimum Gasteiger partial charge on any atom is -0.434 e. The van der Waals surface area contributed by atoms with Gasteiger partial charge in [0, 0.05) is 5.56 Å². The summed E-state index contributed by atoms with van der Waals surface area (Å²) in [4.78, 5) is 0. The zero-order valence-corrected chi connectivity index (χ0v) is 15.3. The zero-order valence-electron chi connectivity index (χ0n) is 14.6. The normalized spacial score (nSPS) is 19.4. The lowest BCUT2D eigenvalue weighted by Crippen LogP contribution is -2.16. The van der Waals surface area contributed by atoms with Crippen LogP contribution in [0.15, 0.2) is 42.5 Å². The molecule has 0 heterocycles. The Kier molecular flexibility index (Phi) is 5.33. The van der Waals surface area contributed by atoms with Gasteiger partial charge in [0.15, 0.2) is 0 Å². The number of benzene rings is 2. The van der Waals surface area contributed by atoms with Crippen molar-refractivity contribution in [3.8, 4) is 16.9 Å². The molecule has 1 aliphatic carbocycles. The molecule has 0 aromatic heterocycles. The van der Waals surface area contributed by atoms with Crippen LogP contribution in [0, 0.1) is 5.41 Å². The molecular formula is C21H23ClF2O. The van der Waals surface area contributed by atoms with E-state index in [4.69, 9.17) is 11.6 Å². The lowest BCUT2D eigenvalue weighted by molar-refractivity contribution is -0.0502. The molecule has 134 valence electrons. The fraction of sp³-hybridized carbons (Fsp3) is 0.429. The number of hydrogen-bond donors (Lipinski definition) is 0. The Morgan fingerprint density at radius 2 is 1.84 bits per heavy atom. The second-order valence-electron chi connectivity index (χ2n) is 7.32. The molecule has 0 spiro atoms. The van der Waals surface area contributed by atoms with E-state index in [-0.39, 0.29) is 17.0 Å². The first-order valence-corrected chi connectivity index (χ1v) is 9.19. The molecule has 3 rings (SSSR count). The fourth-order valence-electron chi connectivity index (χ4n) is 4.11. The molecule has 0 bridgehead atoms. The third-order valence-electron chi connectivity index (χ3n) is 5.37. The van der Waals surface area contributed by atoms with Crippen molar-refractivity contribution < 1.29 is 13.5 Å². The van der Waals surface area contributed by atoms with Crippen LogP contribution in [-0.4, -0.2) is 6.61 Å². The second-order valence-corrected chi connectivity index (χ2v) is 7.58. The van der Waals surface area contributed by atoms with Crippen LogP contribution in [0.4, 0.5) is 8.78 Å². The first kappa shape index (κ1) is 18.2. The third-order valence-corrected chi connectivity index (χ3v) is 5.63. The Bertz CT molecular complexity index is 742. The highest BCUT2D eigenvalue weighted by atomic mass is 35.5. The van der Waals surface area contributed by atoms with Crippen molar-refractivity contribution in [3.63, 3.8) is 0 Å². The summed E-state index contributed by atoms with van der Waals surface area (Å²) >= 11 is 6.11. The Morgan fingerprint density at radius 1 is 1.12 bits per heavy atom. The smallest absolute Gasteiger partial charge is 0.387 e. The molecule has 1 aliphatic rings. The molecule has 1 nitrogen and oxygen atoms in total. The fourth-order valence-corrected chi connectivity index (χ4v) is 4.39. The number of halogens is 3. The molecule has 1 fully saturated rings. The summed E-state index contributed by atoms with van der Waals surface area (Å²) in [6, 6.07) is 13.5. The molecule has 25 heavy (non-hydrogen) atoms. The molecule has 0 aliphatic heterocycles. The van der Waals surface area contributed by atoms with E-state index in [1.165, 1.54) is 18.4 Å².